The average Bonchev–Trinajstić information content (AvgIpc) is 2.98. The maximum Gasteiger partial charge on any atom is 0.321 e. The van der Waals surface area contributed by atoms with Crippen LogP contribution < -0.4 is 20.5 Å². The molecule has 2 aliphatic rings. The van der Waals surface area contributed by atoms with Crippen LogP contribution in [0.4, 0.5) is 0 Å². The Morgan fingerprint density at radius 3 is 2.27 bits per heavy atom. The highest BCUT2D eigenvalue weighted by Crippen LogP contribution is 2.65. The number of unbranched alkanes of at least 4 members (excludes halogenated alkanes) is 1. The van der Waals surface area contributed by atoms with Crippen LogP contribution in [0.5, 0.6) is 0 Å². The largest absolute Gasteiger partial charge is 0.480 e. The summed E-state index contributed by atoms with van der Waals surface area (Å²) in [6.07, 6.45) is 4.59. The van der Waals surface area contributed by atoms with Crippen LogP contribution in [-0.4, -0.2) is 50.1 Å². The summed E-state index contributed by atoms with van der Waals surface area (Å²) < 4.78 is 29.5. The summed E-state index contributed by atoms with van der Waals surface area (Å²) in [5.74, 6) is -1.07. The number of amides is 1. The average molecular weight is 447 g/mol. The molecular formula is C20H38N4O5S. The summed E-state index contributed by atoms with van der Waals surface area (Å²) >= 11 is 0. The van der Waals surface area contributed by atoms with Crippen molar-refractivity contribution in [1.82, 2.24) is 14.8 Å². The van der Waals surface area contributed by atoms with Crippen LogP contribution in [0.2, 0.25) is 0 Å². The molecule has 0 radical (unpaired) electrons. The highest BCUT2D eigenvalue weighted by atomic mass is 32.2. The van der Waals surface area contributed by atoms with Gasteiger partial charge in [0, 0.05) is 6.04 Å². The molecule has 10 heteroatoms. The van der Waals surface area contributed by atoms with E-state index in [-0.39, 0.29) is 35.6 Å². The number of carboxylic acids is 1. The van der Waals surface area contributed by atoms with E-state index < -0.39 is 28.3 Å². The lowest BCUT2D eigenvalue weighted by atomic mass is 9.69. The van der Waals surface area contributed by atoms with Gasteiger partial charge >= 0.3 is 5.97 Å². The summed E-state index contributed by atoms with van der Waals surface area (Å²) in [6.45, 7) is 8.83. The molecule has 0 heterocycles. The Kier molecular flexibility index (Phi) is 7.93. The van der Waals surface area contributed by atoms with Crippen LogP contribution >= 0.6 is 0 Å². The summed E-state index contributed by atoms with van der Waals surface area (Å²) in [5.41, 5.74) is 5.53. The molecule has 2 rings (SSSR count). The molecule has 174 valence electrons. The minimum absolute atomic E-state index is 0.00768. The molecule has 0 aromatic heterocycles. The van der Waals surface area contributed by atoms with Gasteiger partial charge in [-0.15, -0.1) is 0 Å². The van der Waals surface area contributed by atoms with Gasteiger partial charge in [-0.05, 0) is 61.8 Å². The molecule has 1 amide bonds. The second-order valence-electron chi connectivity index (χ2n) is 9.55. The first-order valence-corrected chi connectivity index (χ1v) is 12.4. The van der Waals surface area contributed by atoms with Crippen molar-refractivity contribution in [3.8, 4) is 0 Å². The minimum atomic E-state index is -4.17. The van der Waals surface area contributed by atoms with E-state index in [0.717, 1.165) is 19.3 Å². The molecule has 2 aliphatic carbocycles. The smallest absolute Gasteiger partial charge is 0.321 e. The number of hydrogen-bond donors (Lipinski definition) is 5. The van der Waals surface area contributed by atoms with Crippen molar-refractivity contribution in [2.24, 2.45) is 22.5 Å². The van der Waals surface area contributed by atoms with Gasteiger partial charge in [-0.25, -0.2) is 0 Å². The first kappa shape index (κ1) is 25.0. The number of nitrogens with one attached hydrogen (secondary N) is 3. The zero-order valence-corrected chi connectivity index (χ0v) is 19.3. The third-order valence-corrected chi connectivity index (χ3v) is 8.86. The van der Waals surface area contributed by atoms with Crippen molar-refractivity contribution < 1.29 is 23.1 Å². The fourth-order valence-electron chi connectivity index (χ4n) is 5.15. The van der Waals surface area contributed by atoms with Gasteiger partial charge in [0.15, 0.2) is 0 Å². The number of rotatable bonds is 12. The van der Waals surface area contributed by atoms with Gasteiger partial charge in [0.2, 0.25) is 5.91 Å². The van der Waals surface area contributed by atoms with Crippen LogP contribution in [0.15, 0.2) is 0 Å². The van der Waals surface area contributed by atoms with Crippen molar-refractivity contribution in [2.45, 2.75) is 90.8 Å². The van der Waals surface area contributed by atoms with Crippen LogP contribution in [-0.2, 0) is 19.8 Å². The molecule has 2 bridgehead atoms. The van der Waals surface area contributed by atoms with Crippen molar-refractivity contribution in [2.75, 3.05) is 6.54 Å². The molecule has 0 unspecified atom stereocenters. The molecule has 0 aromatic carbocycles. The van der Waals surface area contributed by atoms with Gasteiger partial charge in [-0.2, -0.15) is 17.9 Å². The fourth-order valence-corrected chi connectivity index (χ4v) is 6.46. The topological polar surface area (TPSA) is 151 Å². The van der Waals surface area contributed by atoms with E-state index in [2.05, 4.69) is 35.5 Å². The second kappa shape index (κ2) is 9.50. The molecular weight excluding hydrogens is 408 g/mol. The number of hydrogen-bond acceptors (Lipinski definition) is 5. The highest BCUT2D eigenvalue weighted by molar-refractivity contribution is 7.87. The molecule has 0 aliphatic heterocycles. The summed E-state index contributed by atoms with van der Waals surface area (Å²) in [7, 11) is -4.17. The number of carbonyl (C=O) groups excluding carboxylic acids is 1. The first-order chi connectivity index (χ1) is 13.9. The van der Waals surface area contributed by atoms with E-state index in [9.17, 15) is 23.1 Å². The third-order valence-electron chi connectivity index (χ3n) is 7.68. The number of carboxylic acid groups (broad SMARTS) is 1. The van der Waals surface area contributed by atoms with Crippen LogP contribution in [0, 0.1) is 16.7 Å². The molecule has 0 saturated heterocycles. The van der Waals surface area contributed by atoms with Gasteiger partial charge in [0.05, 0.1) is 0 Å². The van der Waals surface area contributed by atoms with E-state index in [1.807, 2.05) is 0 Å². The Morgan fingerprint density at radius 2 is 1.80 bits per heavy atom. The molecule has 5 atom stereocenters. The Morgan fingerprint density at radius 1 is 1.17 bits per heavy atom. The normalized spacial score (nSPS) is 29.5. The van der Waals surface area contributed by atoms with E-state index in [4.69, 9.17) is 5.73 Å². The van der Waals surface area contributed by atoms with Gasteiger partial charge in [-0.3, -0.25) is 9.59 Å². The lowest BCUT2D eigenvalue weighted by molar-refractivity contribution is -0.139. The summed E-state index contributed by atoms with van der Waals surface area (Å²) in [4.78, 5) is 24.3. The zero-order valence-electron chi connectivity index (χ0n) is 18.5. The molecule has 2 saturated carbocycles. The van der Waals surface area contributed by atoms with Gasteiger partial charge < -0.3 is 16.2 Å². The van der Waals surface area contributed by atoms with E-state index in [0.29, 0.717) is 25.3 Å². The third kappa shape index (κ3) is 5.15. The lowest BCUT2D eigenvalue weighted by Crippen LogP contribution is -2.56. The number of nitrogens with two attached hydrogens (primary N) is 1. The van der Waals surface area contributed by atoms with E-state index in [1.165, 1.54) is 0 Å². The summed E-state index contributed by atoms with van der Waals surface area (Å²) in [6, 6.07) is -2.22. The Bertz CT molecular complexity index is 741. The monoisotopic (exact) mass is 446 g/mol. The van der Waals surface area contributed by atoms with Crippen LogP contribution in [0.3, 0.4) is 0 Å². The maximum atomic E-state index is 12.9. The zero-order chi connectivity index (χ0) is 22.7. The molecule has 0 aromatic rings. The lowest BCUT2D eigenvalue weighted by Gasteiger charge is -2.39. The Labute approximate surface area is 180 Å². The molecule has 30 heavy (non-hydrogen) atoms. The standard InChI is InChI=1S/C20H38N4O5S/c1-5-14(23-30(28,29)24-15(18(26)27)8-6-7-11-21)17(25)22-16-12-13-9-10-20(16,4)19(13,2)3/h13-16,23-24H,5-12,21H2,1-4H3,(H,22,25)(H,26,27)/t13-,14+,15+,16+,20+/m1/s1. The Balaban J connectivity index is 1.99. The number of aliphatic carboxylic acids is 1. The second-order valence-corrected chi connectivity index (χ2v) is 11.0. The van der Waals surface area contributed by atoms with Crippen molar-refractivity contribution in [3.05, 3.63) is 0 Å². The van der Waals surface area contributed by atoms with Crippen molar-refractivity contribution in [1.29, 1.82) is 0 Å². The first-order valence-electron chi connectivity index (χ1n) is 10.9. The van der Waals surface area contributed by atoms with Crippen LogP contribution in [0.1, 0.15) is 72.6 Å². The van der Waals surface area contributed by atoms with E-state index >= 15 is 0 Å². The SMILES string of the molecule is CC[C@H](NS(=O)(=O)N[C@@H](CCCCN)C(=O)O)C(=O)N[C@H]1C[C@H]2CC[C@]1(C)C2(C)C. The molecule has 9 nitrogen and oxygen atoms in total. The number of carbonyl (C=O) groups is 2. The molecule has 6 N–H and O–H groups in total. The highest BCUT2D eigenvalue weighted by Gasteiger charge is 2.61. The minimum Gasteiger partial charge on any atom is -0.480 e. The number of fused-ring (bicyclic) bond motifs is 2. The fraction of sp³-hybridized carbons (Fsp3) is 0.900. The van der Waals surface area contributed by atoms with E-state index in [1.54, 1.807) is 6.92 Å². The molecule has 2 fully saturated rings. The van der Waals surface area contributed by atoms with Gasteiger partial charge in [0.1, 0.15) is 12.1 Å². The quantitative estimate of drug-likeness (QED) is 0.283. The Hall–Kier alpha value is -1.23. The van der Waals surface area contributed by atoms with Gasteiger partial charge in [-0.1, -0.05) is 34.1 Å². The molecule has 0 spiro atoms. The van der Waals surface area contributed by atoms with Crippen molar-refractivity contribution >= 4 is 22.1 Å². The van der Waals surface area contributed by atoms with Crippen molar-refractivity contribution in [3.63, 3.8) is 0 Å². The summed E-state index contributed by atoms with van der Waals surface area (Å²) in [5, 5.41) is 12.4. The van der Waals surface area contributed by atoms with Crippen LogP contribution in [0.25, 0.3) is 0 Å². The predicted octanol–water partition coefficient (Wildman–Crippen LogP) is 1.10. The predicted molar refractivity (Wildman–Crippen MR) is 115 cm³/mol. The van der Waals surface area contributed by atoms with Gasteiger partial charge in [0.25, 0.3) is 10.2 Å². The maximum absolute atomic E-state index is 12.9.